The predicted molar refractivity (Wildman–Crippen MR) is 65.5 cm³/mol. The van der Waals surface area contributed by atoms with E-state index in [4.69, 9.17) is 0 Å². The van der Waals surface area contributed by atoms with Gasteiger partial charge in [0, 0.05) is 18.3 Å². The molecule has 82 valence electrons. The fraction of sp³-hybridized carbons (Fsp3) is 0.538. The van der Waals surface area contributed by atoms with E-state index in [0.29, 0.717) is 6.04 Å². The van der Waals surface area contributed by atoms with E-state index in [0.717, 1.165) is 19.5 Å². The molecule has 0 saturated carbocycles. The van der Waals surface area contributed by atoms with E-state index in [1.165, 1.54) is 23.2 Å². The van der Waals surface area contributed by atoms with E-state index in [9.17, 15) is 0 Å². The number of hydrogen-bond acceptors (Lipinski definition) is 2. The Kier molecular flexibility index (Phi) is 3.27. The maximum Gasteiger partial charge on any atom is 0.0398 e. The van der Waals surface area contributed by atoms with E-state index in [-0.39, 0.29) is 0 Å². The van der Waals surface area contributed by atoms with Gasteiger partial charge in [0.15, 0.2) is 0 Å². The summed E-state index contributed by atoms with van der Waals surface area (Å²) in [7, 11) is 0. The van der Waals surface area contributed by atoms with Gasteiger partial charge in [-0.25, -0.2) is 0 Å². The number of anilines is 1. The summed E-state index contributed by atoms with van der Waals surface area (Å²) in [5.74, 6) is 0. The van der Waals surface area contributed by atoms with Crippen LogP contribution in [0.5, 0.6) is 0 Å². The van der Waals surface area contributed by atoms with Gasteiger partial charge in [-0.15, -0.1) is 0 Å². The van der Waals surface area contributed by atoms with Crippen molar-refractivity contribution in [3.8, 4) is 0 Å². The van der Waals surface area contributed by atoms with E-state index in [1.54, 1.807) is 0 Å². The lowest BCUT2D eigenvalue weighted by Gasteiger charge is -2.14. The van der Waals surface area contributed by atoms with Crippen LogP contribution >= 0.6 is 0 Å². The Hall–Kier alpha value is -1.02. The number of aryl methyl sites for hydroxylation is 2. The van der Waals surface area contributed by atoms with Gasteiger partial charge in [0.25, 0.3) is 0 Å². The van der Waals surface area contributed by atoms with Crippen LogP contribution in [0.25, 0.3) is 0 Å². The third-order valence-corrected chi connectivity index (χ3v) is 3.15. The van der Waals surface area contributed by atoms with Crippen molar-refractivity contribution in [1.29, 1.82) is 0 Å². The maximum absolute atomic E-state index is 3.57. The summed E-state index contributed by atoms with van der Waals surface area (Å²) >= 11 is 0. The van der Waals surface area contributed by atoms with E-state index in [2.05, 4.69) is 42.7 Å². The van der Waals surface area contributed by atoms with Gasteiger partial charge in [0.1, 0.15) is 0 Å². The van der Waals surface area contributed by atoms with E-state index < -0.39 is 0 Å². The van der Waals surface area contributed by atoms with E-state index in [1.807, 2.05) is 0 Å². The molecular weight excluding hydrogens is 184 g/mol. The van der Waals surface area contributed by atoms with Crippen molar-refractivity contribution >= 4 is 5.69 Å². The second-order valence-electron chi connectivity index (χ2n) is 4.33. The van der Waals surface area contributed by atoms with E-state index >= 15 is 0 Å². The molecule has 0 amide bonds. The Bertz CT molecular complexity index is 327. The molecule has 0 bridgehead atoms. The van der Waals surface area contributed by atoms with Crippen LogP contribution in [0.3, 0.4) is 0 Å². The quantitative estimate of drug-likeness (QED) is 0.789. The molecule has 1 saturated heterocycles. The van der Waals surface area contributed by atoms with Crippen LogP contribution in [-0.2, 0) is 6.42 Å². The fourth-order valence-corrected chi connectivity index (χ4v) is 2.20. The number of nitrogens with one attached hydrogen (secondary N) is 2. The molecule has 15 heavy (non-hydrogen) atoms. The Morgan fingerprint density at radius 1 is 1.47 bits per heavy atom. The maximum atomic E-state index is 3.57. The summed E-state index contributed by atoms with van der Waals surface area (Å²) in [6, 6.07) is 7.30. The molecule has 2 heteroatoms. The number of rotatable bonds is 3. The largest absolute Gasteiger partial charge is 0.381 e. The summed E-state index contributed by atoms with van der Waals surface area (Å²) < 4.78 is 0. The third kappa shape index (κ3) is 2.51. The normalized spacial score (nSPS) is 20.5. The monoisotopic (exact) mass is 204 g/mol. The first-order valence-corrected chi connectivity index (χ1v) is 5.86. The molecule has 1 aromatic rings. The lowest BCUT2D eigenvalue weighted by atomic mass is 10.1. The van der Waals surface area contributed by atoms with Gasteiger partial charge in [-0.2, -0.15) is 0 Å². The van der Waals surface area contributed by atoms with Crippen molar-refractivity contribution in [3.05, 3.63) is 29.3 Å². The first-order valence-electron chi connectivity index (χ1n) is 5.86. The minimum Gasteiger partial charge on any atom is -0.381 e. The standard InChI is InChI=1S/C13H20N2/c1-3-11-4-5-12(8-10(11)2)15-13-6-7-14-9-13/h4-5,8,13-15H,3,6-7,9H2,1-2H3/t13-/m1/s1. The molecule has 0 aromatic heterocycles. The van der Waals surface area contributed by atoms with Crippen molar-refractivity contribution in [1.82, 2.24) is 5.32 Å². The highest BCUT2D eigenvalue weighted by Gasteiger charge is 2.13. The van der Waals surface area contributed by atoms with Crippen LogP contribution in [0.4, 0.5) is 5.69 Å². The third-order valence-electron chi connectivity index (χ3n) is 3.15. The molecule has 0 spiro atoms. The van der Waals surface area contributed by atoms with Crippen LogP contribution in [0.15, 0.2) is 18.2 Å². The molecular formula is C13H20N2. The fourth-order valence-electron chi connectivity index (χ4n) is 2.20. The van der Waals surface area contributed by atoms with Crippen molar-refractivity contribution < 1.29 is 0 Å². The molecule has 2 nitrogen and oxygen atoms in total. The van der Waals surface area contributed by atoms with Gasteiger partial charge in [-0.3, -0.25) is 0 Å². The Morgan fingerprint density at radius 3 is 2.93 bits per heavy atom. The van der Waals surface area contributed by atoms with Gasteiger partial charge in [0.05, 0.1) is 0 Å². The average Bonchev–Trinajstić information content (AvgIpc) is 2.71. The second kappa shape index (κ2) is 4.67. The summed E-state index contributed by atoms with van der Waals surface area (Å²) in [5, 5.41) is 6.94. The topological polar surface area (TPSA) is 24.1 Å². The molecule has 1 atom stereocenters. The molecule has 1 aromatic carbocycles. The lowest BCUT2D eigenvalue weighted by Crippen LogP contribution is -2.22. The van der Waals surface area contributed by atoms with Gasteiger partial charge >= 0.3 is 0 Å². The van der Waals surface area contributed by atoms with Crippen LogP contribution in [0.1, 0.15) is 24.5 Å². The zero-order valence-corrected chi connectivity index (χ0v) is 9.64. The van der Waals surface area contributed by atoms with Gasteiger partial charge in [-0.1, -0.05) is 13.0 Å². The number of benzene rings is 1. The average molecular weight is 204 g/mol. The van der Waals surface area contributed by atoms with Gasteiger partial charge in [-0.05, 0) is 49.6 Å². The van der Waals surface area contributed by atoms with Crippen molar-refractivity contribution in [3.63, 3.8) is 0 Å². The van der Waals surface area contributed by atoms with Gasteiger partial charge < -0.3 is 10.6 Å². The zero-order chi connectivity index (χ0) is 10.7. The number of hydrogen-bond donors (Lipinski definition) is 2. The van der Waals surface area contributed by atoms with Crippen LogP contribution < -0.4 is 10.6 Å². The SMILES string of the molecule is CCc1ccc(N[C@@H]2CCNC2)cc1C. The Morgan fingerprint density at radius 2 is 2.33 bits per heavy atom. The Balaban J connectivity index is 2.05. The van der Waals surface area contributed by atoms with Crippen LogP contribution in [0, 0.1) is 6.92 Å². The molecule has 1 fully saturated rings. The van der Waals surface area contributed by atoms with Crippen LogP contribution in [0.2, 0.25) is 0 Å². The summed E-state index contributed by atoms with van der Waals surface area (Å²) in [6.07, 6.45) is 2.35. The minimum atomic E-state index is 0.608. The summed E-state index contributed by atoms with van der Waals surface area (Å²) in [4.78, 5) is 0. The molecule has 1 heterocycles. The highest BCUT2D eigenvalue weighted by atomic mass is 15.0. The molecule has 2 rings (SSSR count). The summed E-state index contributed by atoms with van der Waals surface area (Å²) in [5.41, 5.74) is 4.11. The van der Waals surface area contributed by atoms with Crippen LogP contribution in [-0.4, -0.2) is 19.1 Å². The molecule has 0 unspecified atom stereocenters. The zero-order valence-electron chi connectivity index (χ0n) is 9.64. The van der Waals surface area contributed by atoms with Crippen molar-refractivity contribution in [2.75, 3.05) is 18.4 Å². The minimum absolute atomic E-state index is 0.608. The first kappa shape index (κ1) is 10.5. The van der Waals surface area contributed by atoms with Gasteiger partial charge in [0.2, 0.25) is 0 Å². The highest BCUT2D eigenvalue weighted by Crippen LogP contribution is 2.17. The van der Waals surface area contributed by atoms with Crippen molar-refractivity contribution in [2.24, 2.45) is 0 Å². The molecule has 2 N–H and O–H groups in total. The summed E-state index contributed by atoms with van der Waals surface area (Å²) in [6.45, 7) is 6.63. The molecule has 1 aliphatic heterocycles. The smallest absolute Gasteiger partial charge is 0.0398 e. The molecule has 0 radical (unpaired) electrons. The Labute approximate surface area is 92.1 Å². The second-order valence-corrected chi connectivity index (χ2v) is 4.33. The highest BCUT2D eigenvalue weighted by molar-refractivity contribution is 5.49. The molecule has 0 aliphatic carbocycles. The lowest BCUT2D eigenvalue weighted by molar-refractivity contribution is 0.793. The van der Waals surface area contributed by atoms with Crippen molar-refractivity contribution in [2.45, 2.75) is 32.7 Å². The predicted octanol–water partition coefficient (Wildman–Crippen LogP) is 2.33. The molecule has 1 aliphatic rings. The first-order chi connectivity index (χ1) is 7.29.